The predicted molar refractivity (Wildman–Crippen MR) is 139 cm³/mol. The highest BCUT2D eigenvalue weighted by molar-refractivity contribution is 5.90. The highest BCUT2D eigenvalue weighted by atomic mass is 16.5. The zero-order valence-corrected chi connectivity index (χ0v) is 21.5. The Morgan fingerprint density at radius 3 is 2.63 bits per heavy atom. The normalized spacial score (nSPS) is 11.6. The molecular formula is C27H26N8O3. The van der Waals surface area contributed by atoms with E-state index in [1.165, 1.54) is 17.1 Å². The first-order valence-corrected chi connectivity index (χ1v) is 11.9. The lowest BCUT2D eigenvalue weighted by atomic mass is 9.97. The molecule has 0 unspecified atom stereocenters. The van der Waals surface area contributed by atoms with Gasteiger partial charge in [-0.15, -0.1) is 0 Å². The van der Waals surface area contributed by atoms with Gasteiger partial charge in [0.25, 0.3) is 17.6 Å². The Hall–Kier alpha value is -4.93. The van der Waals surface area contributed by atoms with E-state index in [2.05, 4.69) is 37.2 Å². The first kappa shape index (κ1) is 24.8. The molecule has 0 saturated carbocycles. The van der Waals surface area contributed by atoms with Crippen LogP contribution >= 0.6 is 0 Å². The summed E-state index contributed by atoms with van der Waals surface area (Å²) in [5.74, 6) is -0.286. The van der Waals surface area contributed by atoms with E-state index in [4.69, 9.17) is 4.52 Å². The van der Waals surface area contributed by atoms with Crippen LogP contribution in [-0.2, 0) is 12.0 Å². The molecule has 0 fully saturated rings. The quantitative estimate of drug-likeness (QED) is 0.339. The van der Waals surface area contributed by atoms with Gasteiger partial charge in [0, 0.05) is 41.0 Å². The summed E-state index contributed by atoms with van der Waals surface area (Å²) < 4.78 is 8.19. The zero-order valence-electron chi connectivity index (χ0n) is 21.5. The first-order valence-electron chi connectivity index (χ1n) is 11.9. The van der Waals surface area contributed by atoms with Crippen LogP contribution in [0.25, 0.3) is 27.9 Å². The number of carbonyl (C=O) groups is 2. The lowest BCUT2D eigenvalue weighted by Crippen LogP contribution is -2.24. The standard InChI is InChI=1S/C27H26N8O3/c1-6-22(36)35-14-20(12-30-35)19-10-21-23(29-15-31-34(21)13-19)17-7-8-18(16(2)9-17)11-28-25(37)24-32-26(38-33-24)27(3,4)5/h6-10,12-15H,1,11H2,2-5H3,(H,28,37). The largest absolute Gasteiger partial charge is 0.345 e. The molecule has 4 heterocycles. The highest BCUT2D eigenvalue weighted by Crippen LogP contribution is 2.29. The predicted octanol–water partition coefficient (Wildman–Crippen LogP) is 4.00. The van der Waals surface area contributed by atoms with Crippen LogP contribution in [0.3, 0.4) is 0 Å². The molecule has 0 radical (unpaired) electrons. The molecule has 1 aromatic carbocycles. The molecular weight excluding hydrogens is 484 g/mol. The molecule has 11 nitrogen and oxygen atoms in total. The molecule has 0 aliphatic heterocycles. The van der Waals surface area contributed by atoms with Crippen LogP contribution in [0.4, 0.5) is 0 Å². The summed E-state index contributed by atoms with van der Waals surface area (Å²) in [6.07, 6.45) is 7.84. The molecule has 38 heavy (non-hydrogen) atoms. The van der Waals surface area contributed by atoms with Crippen LogP contribution in [0.2, 0.25) is 0 Å². The van der Waals surface area contributed by atoms with E-state index < -0.39 is 5.91 Å². The maximum Gasteiger partial charge on any atom is 0.292 e. The van der Waals surface area contributed by atoms with E-state index in [1.54, 1.807) is 16.9 Å². The van der Waals surface area contributed by atoms with E-state index in [0.717, 1.165) is 39.0 Å². The fourth-order valence-electron chi connectivity index (χ4n) is 3.91. The summed E-state index contributed by atoms with van der Waals surface area (Å²) in [6.45, 7) is 11.6. The number of aromatic nitrogens is 7. The van der Waals surface area contributed by atoms with Gasteiger partial charge >= 0.3 is 0 Å². The molecule has 0 aliphatic rings. The maximum absolute atomic E-state index is 12.5. The van der Waals surface area contributed by atoms with Gasteiger partial charge in [0.05, 0.1) is 17.4 Å². The summed E-state index contributed by atoms with van der Waals surface area (Å²) in [7, 11) is 0. The number of rotatable bonds is 6. The molecule has 11 heteroatoms. The van der Waals surface area contributed by atoms with Crippen molar-refractivity contribution in [2.24, 2.45) is 0 Å². The smallest absolute Gasteiger partial charge is 0.292 e. The van der Waals surface area contributed by atoms with Crippen molar-refractivity contribution in [3.63, 3.8) is 0 Å². The third-order valence-electron chi connectivity index (χ3n) is 6.05. The molecule has 4 aromatic heterocycles. The minimum atomic E-state index is -0.399. The van der Waals surface area contributed by atoms with Gasteiger partial charge in [-0.25, -0.2) is 14.2 Å². The molecule has 1 amide bonds. The topological polar surface area (TPSA) is 133 Å². The van der Waals surface area contributed by atoms with Crippen LogP contribution in [0.5, 0.6) is 0 Å². The fraction of sp³-hybridized carbons (Fsp3) is 0.222. The zero-order chi connectivity index (χ0) is 27.0. The van der Waals surface area contributed by atoms with Gasteiger partial charge in [0.2, 0.25) is 5.89 Å². The second-order valence-electron chi connectivity index (χ2n) is 9.88. The molecule has 0 bridgehead atoms. The molecule has 5 rings (SSSR count). The summed E-state index contributed by atoms with van der Waals surface area (Å²) in [5, 5.41) is 15.1. The van der Waals surface area contributed by atoms with Crippen molar-refractivity contribution in [3.05, 3.63) is 84.7 Å². The minimum Gasteiger partial charge on any atom is -0.345 e. The lowest BCUT2D eigenvalue weighted by molar-refractivity contribution is 0.0934. The van der Waals surface area contributed by atoms with Crippen molar-refractivity contribution in [2.75, 3.05) is 0 Å². The van der Waals surface area contributed by atoms with Crippen LogP contribution in [0, 0.1) is 6.92 Å². The Labute approximate surface area is 218 Å². The van der Waals surface area contributed by atoms with Gasteiger partial charge in [-0.3, -0.25) is 9.59 Å². The van der Waals surface area contributed by atoms with E-state index >= 15 is 0 Å². The average Bonchev–Trinajstić information content (AvgIpc) is 3.65. The molecule has 0 atom stereocenters. The van der Waals surface area contributed by atoms with Crippen LogP contribution in [0.1, 0.15) is 53.2 Å². The number of aryl methyl sites for hydroxylation is 1. The van der Waals surface area contributed by atoms with E-state index in [9.17, 15) is 9.59 Å². The number of nitrogens with one attached hydrogen (secondary N) is 1. The SMILES string of the molecule is C=CC(=O)n1cc(-c2cc3c(-c4ccc(CNC(=O)c5noc(C(C)(C)C)n5)c(C)c4)ncnn3c2)cn1. The Morgan fingerprint density at radius 1 is 1.11 bits per heavy atom. The second-order valence-corrected chi connectivity index (χ2v) is 9.88. The second kappa shape index (κ2) is 9.51. The molecule has 192 valence electrons. The van der Waals surface area contributed by atoms with Gasteiger partial charge in [0.15, 0.2) is 0 Å². The average molecular weight is 511 g/mol. The van der Waals surface area contributed by atoms with E-state index in [1.807, 2.05) is 58.2 Å². The van der Waals surface area contributed by atoms with E-state index in [0.29, 0.717) is 12.4 Å². The minimum absolute atomic E-state index is 0.0102. The van der Waals surface area contributed by atoms with Crippen molar-refractivity contribution < 1.29 is 14.1 Å². The number of fused-ring (bicyclic) bond motifs is 1. The summed E-state index contributed by atoms with van der Waals surface area (Å²) in [6, 6.07) is 7.88. The number of hydrogen-bond acceptors (Lipinski definition) is 8. The third kappa shape index (κ3) is 4.73. The molecule has 0 aliphatic carbocycles. The monoisotopic (exact) mass is 510 g/mol. The van der Waals surface area contributed by atoms with Crippen LogP contribution < -0.4 is 5.32 Å². The van der Waals surface area contributed by atoms with Gasteiger partial charge in [-0.1, -0.05) is 44.6 Å². The van der Waals surface area contributed by atoms with Crippen molar-refractivity contribution in [2.45, 2.75) is 39.7 Å². The van der Waals surface area contributed by atoms with Crippen molar-refractivity contribution in [1.82, 2.24) is 39.8 Å². The van der Waals surface area contributed by atoms with Gasteiger partial charge in [-0.2, -0.15) is 15.2 Å². The number of allylic oxidation sites excluding steroid dienone is 1. The Morgan fingerprint density at radius 2 is 1.92 bits per heavy atom. The number of benzene rings is 1. The van der Waals surface area contributed by atoms with Gasteiger partial charge < -0.3 is 9.84 Å². The van der Waals surface area contributed by atoms with Gasteiger partial charge in [0.1, 0.15) is 6.33 Å². The number of carbonyl (C=O) groups excluding carboxylic acids is 2. The molecule has 1 N–H and O–H groups in total. The fourth-order valence-corrected chi connectivity index (χ4v) is 3.91. The van der Waals surface area contributed by atoms with Crippen molar-refractivity contribution >= 4 is 17.3 Å². The Kier molecular flexibility index (Phi) is 6.19. The summed E-state index contributed by atoms with van der Waals surface area (Å²) >= 11 is 0. The maximum atomic E-state index is 12.5. The Bertz CT molecular complexity index is 1690. The number of nitrogens with zero attached hydrogens (tertiary/aromatic N) is 7. The third-order valence-corrected chi connectivity index (χ3v) is 6.05. The lowest BCUT2D eigenvalue weighted by Gasteiger charge is -2.10. The molecule has 5 aromatic rings. The summed E-state index contributed by atoms with van der Waals surface area (Å²) in [5.41, 5.74) is 5.68. The van der Waals surface area contributed by atoms with Gasteiger partial charge in [-0.05, 0) is 36.3 Å². The number of hydrogen-bond donors (Lipinski definition) is 1. The molecule has 0 spiro atoms. The van der Waals surface area contributed by atoms with Crippen LogP contribution in [-0.4, -0.2) is 46.3 Å². The highest BCUT2D eigenvalue weighted by Gasteiger charge is 2.24. The number of amides is 1. The van der Waals surface area contributed by atoms with E-state index in [-0.39, 0.29) is 17.1 Å². The van der Waals surface area contributed by atoms with Crippen molar-refractivity contribution in [1.29, 1.82) is 0 Å². The summed E-state index contributed by atoms with van der Waals surface area (Å²) in [4.78, 5) is 33.1. The first-order chi connectivity index (χ1) is 18.1. The van der Waals surface area contributed by atoms with Crippen LogP contribution in [0.15, 0.2) is 66.4 Å². The van der Waals surface area contributed by atoms with Crippen molar-refractivity contribution in [3.8, 4) is 22.4 Å². The Balaban J connectivity index is 1.36. The molecule has 0 saturated heterocycles.